The van der Waals surface area contributed by atoms with Gasteiger partial charge in [0.25, 0.3) is 0 Å². The summed E-state index contributed by atoms with van der Waals surface area (Å²) < 4.78 is 4.66. The number of alkyl halides is 2. The van der Waals surface area contributed by atoms with Crippen LogP contribution in [0.25, 0.3) is 0 Å². The number of halogens is 2. The molecule has 0 aromatic heterocycles. The van der Waals surface area contributed by atoms with Gasteiger partial charge in [0.05, 0.1) is 10.6 Å². The lowest BCUT2D eigenvalue weighted by molar-refractivity contribution is -0.139. The maximum absolute atomic E-state index is 11.2. The van der Waals surface area contributed by atoms with Crippen molar-refractivity contribution in [3.63, 3.8) is 0 Å². The molecule has 0 aliphatic rings. The van der Waals surface area contributed by atoms with Crippen molar-refractivity contribution in [2.45, 2.75) is 94.4 Å². The van der Waals surface area contributed by atoms with Crippen molar-refractivity contribution in [3.05, 3.63) is 12.2 Å². The summed E-state index contributed by atoms with van der Waals surface area (Å²) in [5.41, 5.74) is 0.480. The van der Waals surface area contributed by atoms with Crippen molar-refractivity contribution in [1.29, 1.82) is 0 Å². The molecule has 5 heteroatoms. The Kier molecular flexibility index (Phi) is 15.3. The monoisotopic (exact) mass is 394 g/mol. The highest BCUT2D eigenvalue weighted by Crippen LogP contribution is 2.24. The van der Waals surface area contributed by atoms with E-state index in [1.807, 2.05) is 0 Å². The molecular formula is C19H36Cl2O2Si. The molecule has 0 atom stereocenters. The Morgan fingerprint density at radius 3 is 1.62 bits per heavy atom. The van der Waals surface area contributed by atoms with Crippen LogP contribution in [0.5, 0.6) is 0 Å². The molecule has 0 spiro atoms. The predicted octanol–water partition coefficient (Wildman–Crippen LogP) is 5.67. The fraction of sp³-hybridized carbons (Fsp3) is 0.842. The van der Waals surface area contributed by atoms with Gasteiger partial charge in [0.2, 0.25) is 0 Å². The zero-order valence-electron chi connectivity index (χ0n) is 15.7. The van der Waals surface area contributed by atoms with Crippen LogP contribution in [0.15, 0.2) is 12.2 Å². The summed E-state index contributed by atoms with van der Waals surface area (Å²) in [5, 5.41) is 0. The molecule has 0 saturated heterocycles. The van der Waals surface area contributed by atoms with Crippen molar-refractivity contribution in [3.8, 4) is 0 Å². The normalized spacial score (nSPS) is 11.6. The highest BCUT2D eigenvalue weighted by molar-refractivity contribution is 6.65. The van der Waals surface area contributed by atoms with Gasteiger partial charge in [-0.15, -0.1) is 23.2 Å². The van der Waals surface area contributed by atoms with Gasteiger partial charge in [-0.1, -0.05) is 77.2 Å². The largest absolute Gasteiger partial charge is 0.462 e. The number of hydrogen-bond acceptors (Lipinski definition) is 2. The van der Waals surface area contributed by atoms with Gasteiger partial charge in [-0.05, 0) is 19.8 Å². The van der Waals surface area contributed by atoms with Crippen LogP contribution in [-0.4, -0.2) is 26.8 Å². The van der Waals surface area contributed by atoms with E-state index in [0.717, 1.165) is 35.9 Å². The van der Waals surface area contributed by atoms with Crippen LogP contribution in [0.1, 0.15) is 90.4 Å². The summed E-state index contributed by atoms with van der Waals surface area (Å²) in [6.07, 6.45) is 16.1. The first kappa shape index (κ1) is 24.0. The lowest BCUT2D eigenvalue weighted by Crippen LogP contribution is -2.11. The number of unbranched alkanes of at least 4 members (excludes halogenated alkanes) is 11. The van der Waals surface area contributed by atoms with Crippen molar-refractivity contribution in [2.75, 3.05) is 6.61 Å². The Morgan fingerprint density at radius 1 is 0.875 bits per heavy atom. The molecular weight excluding hydrogens is 359 g/mol. The highest BCUT2D eigenvalue weighted by atomic mass is 35.5. The second-order valence-corrected chi connectivity index (χ2v) is 11.8. The van der Waals surface area contributed by atoms with E-state index in [1.165, 1.54) is 57.8 Å². The summed E-state index contributed by atoms with van der Waals surface area (Å²) in [6.45, 7) is 5.77. The molecule has 0 aliphatic heterocycles. The van der Waals surface area contributed by atoms with E-state index in [0.29, 0.717) is 12.2 Å². The molecule has 0 aromatic rings. The van der Waals surface area contributed by atoms with E-state index in [-0.39, 0.29) is 5.97 Å². The quantitative estimate of drug-likeness (QED) is 0.111. The van der Waals surface area contributed by atoms with Crippen LogP contribution in [0.4, 0.5) is 0 Å². The average Bonchev–Trinajstić information content (AvgIpc) is 2.49. The first-order valence-electron chi connectivity index (χ1n) is 9.53. The number of rotatable bonds is 16. The summed E-state index contributed by atoms with van der Waals surface area (Å²) in [5.74, 6) is -0.267. The topological polar surface area (TPSA) is 26.3 Å². The molecule has 0 amide bonds. The van der Waals surface area contributed by atoms with Crippen LogP contribution in [0.2, 0.25) is 0 Å². The molecule has 0 saturated carbocycles. The van der Waals surface area contributed by atoms with Crippen molar-refractivity contribution in [2.24, 2.45) is 0 Å². The lowest BCUT2D eigenvalue weighted by atomic mass is 10.0. The van der Waals surface area contributed by atoms with Crippen molar-refractivity contribution in [1.82, 2.24) is 0 Å². The molecule has 0 aromatic carbocycles. The van der Waals surface area contributed by atoms with Crippen LogP contribution in [0, 0.1) is 0 Å². The van der Waals surface area contributed by atoms with Gasteiger partial charge in [-0.3, -0.25) is 0 Å². The first-order valence-corrected chi connectivity index (χ1v) is 11.3. The van der Waals surface area contributed by atoms with E-state index >= 15 is 0 Å². The second-order valence-electron chi connectivity index (χ2n) is 6.98. The zero-order valence-corrected chi connectivity index (χ0v) is 19.2. The molecule has 0 heterocycles. The minimum absolute atomic E-state index is 0.267. The van der Waals surface area contributed by atoms with Crippen LogP contribution < -0.4 is 0 Å². The summed E-state index contributed by atoms with van der Waals surface area (Å²) >= 11 is 12.0. The van der Waals surface area contributed by atoms with Crippen LogP contribution >= 0.6 is 23.2 Å². The number of esters is 1. The Hall–Kier alpha value is 0.00688. The SMILES string of the molecule is C=C(C)C(=O)OCCCCCCCCCCCCCCC([SiH3])(Cl)Cl. The Bertz CT molecular complexity index is 341. The van der Waals surface area contributed by atoms with Gasteiger partial charge in [0, 0.05) is 15.8 Å². The van der Waals surface area contributed by atoms with Crippen molar-refractivity contribution >= 4 is 39.4 Å². The maximum atomic E-state index is 11.2. The maximum Gasteiger partial charge on any atom is 0.333 e. The van der Waals surface area contributed by atoms with Gasteiger partial charge in [0.15, 0.2) is 0 Å². The molecule has 2 nitrogen and oxygen atoms in total. The molecule has 0 aliphatic carbocycles. The fourth-order valence-electron chi connectivity index (χ4n) is 2.59. The summed E-state index contributed by atoms with van der Waals surface area (Å²) in [6, 6.07) is 0. The molecule has 0 unspecified atom stereocenters. The summed E-state index contributed by atoms with van der Waals surface area (Å²) in [4.78, 5) is 11.2. The van der Waals surface area contributed by atoms with Gasteiger partial charge in [0.1, 0.15) is 0 Å². The molecule has 0 fully saturated rings. The third-order valence-corrected chi connectivity index (χ3v) is 4.97. The van der Waals surface area contributed by atoms with Crippen molar-refractivity contribution < 1.29 is 9.53 Å². The highest BCUT2D eigenvalue weighted by Gasteiger charge is 2.14. The van der Waals surface area contributed by atoms with Gasteiger partial charge < -0.3 is 4.74 Å². The second kappa shape index (κ2) is 15.3. The van der Waals surface area contributed by atoms with E-state index in [9.17, 15) is 4.79 Å². The molecule has 142 valence electrons. The standard InChI is InChI=1S/C19H36Cl2O2Si/c1-17(2)18(22)23-16-14-12-10-8-6-4-3-5-7-9-11-13-15-19(20,21)24/h1,3-16H2,2,24H3. The Morgan fingerprint density at radius 2 is 1.25 bits per heavy atom. The van der Waals surface area contributed by atoms with Gasteiger partial charge in [-0.2, -0.15) is 0 Å². The average molecular weight is 395 g/mol. The fourth-order valence-corrected chi connectivity index (χ4v) is 3.21. The number of hydrogen-bond donors (Lipinski definition) is 0. The third kappa shape index (κ3) is 18.3. The minimum atomic E-state index is -0.410. The van der Waals surface area contributed by atoms with E-state index in [4.69, 9.17) is 27.9 Å². The zero-order chi connectivity index (χ0) is 18.3. The number of carbonyl (C=O) groups excluding carboxylic acids is 1. The van der Waals surface area contributed by atoms with E-state index in [2.05, 4.69) is 6.58 Å². The summed E-state index contributed by atoms with van der Waals surface area (Å²) in [7, 11) is 0.853. The number of ether oxygens (including phenoxy) is 1. The van der Waals surface area contributed by atoms with E-state index < -0.39 is 3.96 Å². The Balaban J connectivity index is 3.13. The molecule has 0 radical (unpaired) electrons. The predicted molar refractivity (Wildman–Crippen MR) is 110 cm³/mol. The molecule has 0 rings (SSSR count). The Labute approximate surface area is 162 Å². The number of carbonyl (C=O) groups is 1. The minimum Gasteiger partial charge on any atom is -0.462 e. The van der Waals surface area contributed by atoms with Gasteiger partial charge >= 0.3 is 5.97 Å². The molecule has 24 heavy (non-hydrogen) atoms. The lowest BCUT2D eigenvalue weighted by Gasteiger charge is -2.12. The van der Waals surface area contributed by atoms with Gasteiger partial charge in [-0.25, -0.2) is 4.79 Å². The first-order chi connectivity index (χ1) is 11.3. The molecule has 0 N–H and O–H groups in total. The molecule has 0 bridgehead atoms. The van der Waals surface area contributed by atoms with E-state index in [1.54, 1.807) is 6.92 Å². The van der Waals surface area contributed by atoms with Crippen LogP contribution in [0.3, 0.4) is 0 Å². The smallest absolute Gasteiger partial charge is 0.333 e. The van der Waals surface area contributed by atoms with Crippen LogP contribution in [-0.2, 0) is 9.53 Å². The third-order valence-electron chi connectivity index (χ3n) is 4.09.